The van der Waals surface area contributed by atoms with Gasteiger partial charge in [0.05, 0.1) is 36.3 Å². The lowest BCUT2D eigenvalue weighted by atomic mass is 9.70. The number of nitrogens with one attached hydrogen (secondary N) is 1. The van der Waals surface area contributed by atoms with Crippen LogP contribution in [0, 0.1) is 17.8 Å². The molecule has 0 radical (unpaired) electrons. The molecule has 3 aromatic rings. The maximum Gasteiger partial charge on any atom is 0.286 e. The normalized spacial score (nSPS) is 27.6. The number of rotatable bonds is 3. The molecule has 1 aliphatic carbocycles. The van der Waals surface area contributed by atoms with E-state index in [1.54, 1.807) is 43.3 Å². The van der Waals surface area contributed by atoms with Gasteiger partial charge in [-0.1, -0.05) is 36.7 Å². The number of allylic oxidation sites excluding steroid dienone is 1. The van der Waals surface area contributed by atoms with Crippen LogP contribution in [0.4, 0.5) is 5.69 Å². The number of aryl methyl sites for hydroxylation is 1. The maximum absolute atomic E-state index is 14.6. The summed E-state index contributed by atoms with van der Waals surface area (Å²) in [5, 5.41) is 0.706. The fourth-order valence-corrected chi connectivity index (χ4v) is 10.3. The van der Waals surface area contributed by atoms with E-state index in [9.17, 15) is 13.8 Å². The second-order valence-electron chi connectivity index (χ2n) is 14.0. The number of methoxy groups -OCH3 is 1. The molecular weight excluding hydrogens is 708 g/mol. The predicted molar refractivity (Wildman–Crippen MR) is 202 cm³/mol. The molecule has 4 aliphatic rings. The first-order valence-electron chi connectivity index (χ1n) is 17.6. The van der Waals surface area contributed by atoms with E-state index < -0.39 is 21.7 Å². The molecule has 2 bridgehead atoms. The van der Waals surface area contributed by atoms with Gasteiger partial charge in [0, 0.05) is 55.0 Å². The predicted octanol–water partition coefficient (Wildman–Crippen LogP) is 6.89. The Balaban J connectivity index is 1.30. The molecule has 0 saturated heterocycles. The molecule has 3 aliphatic heterocycles. The van der Waals surface area contributed by atoms with Crippen LogP contribution in [0.3, 0.4) is 0 Å². The molecule has 5 atom stereocenters. The maximum atomic E-state index is 14.6. The summed E-state index contributed by atoms with van der Waals surface area (Å²) in [5.41, 5.74) is 4.63. The first-order valence-corrected chi connectivity index (χ1v) is 20.8. The van der Waals surface area contributed by atoms with Crippen LogP contribution in [0.25, 0.3) is 0 Å². The van der Waals surface area contributed by atoms with Crippen LogP contribution in [0.1, 0.15) is 63.7 Å². The summed E-state index contributed by atoms with van der Waals surface area (Å²) in [6.07, 6.45) is 9.42. The smallest absolute Gasteiger partial charge is 0.286 e. The van der Waals surface area contributed by atoms with Crippen LogP contribution in [0.15, 0.2) is 65.2 Å². The number of amides is 2. The highest BCUT2D eigenvalue weighted by atomic mass is 35.5. The topological polar surface area (TPSA) is 111 Å². The highest BCUT2D eigenvalue weighted by Gasteiger charge is 2.38. The highest BCUT2D eigenvalue weighted by molar-refractivity contribution is 7.99. The number of ether oxygens (including phenoxy) is 3. The molecule has 10 nitrogen and oxygen atoms in total. The fraction of sp³-hybridized carbons (Fsp3) is 0.474. The van der Waals surface area contributed by atoms with Gasteiger partial charge in [-0.2, -0.15) is 0 Å². The van der Waals surface area contributed by atoms with Crippen LogP contribution in [-0.4, -0.2) is 64.4 Å². The number of halogens is 1. The van der Waals surface area contributed by atoms with Crippen LogP contribution in [0.2, 0.25) is 5.02 Å². The standard InChI is InChI=1S/C38H45ClN4O6S2/c1-25-4-3-5-35(47-2)33-10-7-29(33)20-43-19-28-6-9-31(39)16-26(28)12-15-50-24-49-36-11-8-27(18-34(36)43)37(44)40-51(46,23-25)41-38(45)30-17-32-22-48-14-13-42(32)21-30/h3,5-6,8-9,11,16-18,21,25,29,33,35H,4,7,10,12-15,19-20,22-24H2,1-2H3,(H,40,41,44,45,46)/b5-3+/t25-,29-,33+,35-,51-/m0/s1. The number of nitrogens with zero attached hydrogens (tertiary/aromatic N) is 3. The van der Waals surface area contributed by atoms with Crippen LogP contribution < -0.4 is 14.4 Å². The van der Waals surface area contributed by atoms with Crippen molar-refractivity contribution in [1.82, 2.24) is 9.29 Å². The van der Waals surface area contributed by atoms with Crippen molar-refractivity contribution in [3.8, 4) is 5.75 Å². The summed E-state index contributed by atoms with van der Waals surface area (Å²) in [5.74, 6) is 1.34. The third-order valence-electron chi connectivity index (χ3n) is 10.3. The zero-order valence-electron chi connectivity index (χ0n) is 29.1. The van der Waals surface area contributed by atoms with Crippen LogP contribution in [0.5, 0.6) is 5.75 Å². The Morgan fingerprint density at radius 2 is 2.04 bits per heavy atom. The van der Waals surface area contributed by atoms with Gasteiger partial charge in [0.1, 0.15) is 21.6 Å². The number of fused-ring (bicyclic) bond motifs is 4. The zero-order chi connectivity index (χ0) is 35.5. The molecule has 2 amide bonds. The van der Waals surface area contributed by atoms with E-state index in [0.717, 1.165) is 42.9 Å². The van der Waals surface area contributed by atoms with E-state index >= 15 is 0 Å². The van der Waals surface area contributed by atoms with E-state index in [-0.39, 0.29) is 23.3 Å². The van der Waals surface area contributed by atoms with Crippen molar-refractivity contribution < 1.29 is 28.0 Å². The van der Waals surface area contributed by atoms with Gasteiger partial charge in [-0.25, -0.2) is 4.21 Å². The second-order valence-corrected chi connectivity index (χ2v) is 17.5. The summed E-state index contributed by atoms with van der Waals surface area (Å²) >= 11 is 8.16. The summed E-state index contributed by atoms with van der Waals surface area (Å²) in [6, 6.07) is 13.1. The number of carbonyl (C=O) groups excluding carboxylic acids is 2. The first-order chi connectivity index (χ1) is 24.7. The summed E-state index contributed by atoms with van der Waals surface area (Å²) in [4.78, 5) is 29.9. The summed E-state index contributed by atoms with van der Waals surface area (Å²) in [7, 11) is -1.78. The Labute approximate surface area is 309 Å². The van der Waals surface area contributed by atoms with Crippen molar-refractivity contribution in [2.24, 2.45) is 22.1 Å². The molecule has 272 valence electrons. The lowest BCUT2D eigenvalue weighted by molar-refractivity contribution is 0.0133. The summed E-state index contributed by atoms with van der Waals surface area (Å²) < 4.78 is 41.5. The van der Waals surface area contributed by atoms with Crippen molar-refractivity contribution in [2.75, 3.05) is 42.6 Å². The molecule has 7 rings (SSSR count). The molecule has 1 fully saturated rings. The van der Waals surface area contributed by atoms with Crippen molar-refractivity contribution in [1.29, 1.82) is 0 Å². The van der Waals surface area contributed by atoms with Gasteiger partial charge in [0.25, 0.3) is 11.8 Å². The average Bonchev–Trinajstić information content (AvgIpc) is 3.53. The number of benzene rings is 2. The number of hydrogen-bond donors (Lipinski definition) is 1. The molecule has 0 spiro atoms. The summed E-state index contributed by atoms with van der Waals surface area (Å²) in [6.45, 7) is 4.87. The monoisotopic (exact) mass is 752 g/mol. The van der Waals surface area contributed by atoms with E-state index in [4.69, 9.17) is 25.8 Å². The zero-order valence-corrected chi connectivity index (χ0v) is 31.4. The van der Waals surface area contributed by atoms with Gasteiger partial charge >= 0.3 is 0 Å². The SMILES string of the molecule is CO[C@H]1/C=C/C[C@H](C)C[S@@](=O)(NC(=O)c2cc3n(c2)CCOC3)=NC(=O)c2ccc3c(c2)N(Cc2ccc(Cl)cc2CCSCO3)C[C@@H]2CC[C@H]21. The second kappa shape index (κ2) is 15.8. The molecule has 1 aromatic heterocycles. The van der Waals surface area contributed by atoms with Gasteiger partial charge < -0.3 is 23.7 Å². The van der Waals surface area contributed by atoms with Crippen molar-refractivity contribution >= 4 is 50.8 Å². The van der Waals surface area contributed by atoms with Crippen LogP contribution in [-0.2, 0) is 45.5 Å². The molecule has 1 N–H and O–H groups in total. The number of hydrogen-bond acceptors (Lipinski definition) is 8. The minimum atomic E-state index is -3.54. The number of thioether (sulfide) groups is 1. The first kappa shape index (κ1) is 36.1. The van der Waals surface area contributed by atoms with Crippen molar-refractivity contribution in [3.63, 3.8) is 0 Å². The lowest BCUT2D eigenvalue weighted by Crippen LogP contribution is -2.43. The Morgan fingerprint density at radius 3 is 2.84 bits per heavy atom. The van der Waals surface area contributed by atoms with Gasteiger partial charge in [0.15, 0.2) is 0 Å². The highest BCUT2D eigenvalue weighted by Crippen LogP contribution is 2.42. The van der Waals surface area contributed by atoms with E-state index in [0.29, 0.717) is 66.8 Å². The van der Waals surface area contributed by atoms with Gasteiger partial charge in [-0.3, -0.25) is 14.3 Å². The van der Waals surface area contributed by atoms with E-state index in [1.165, 1.54) is 11.1 Å². The molecule has 4 heterocycles. The Bertz CT molecular complexity index is 1910. The fourth-order valence-electron chi connectivity index (χ4n) is 7.47. The number of carbonyl (C=O) groups is 2. The minimum Gasteiger partial charge on any atom is -0.481 e. The molecule has 51 heavy (non-hydrogen) atoms. The molecule has 0 unspecified atom stereocenters. The average molecular weight is 753 g/mol. The molecule has 2 aromatic carbocycles. The Hall–Kier alpha value is -3.29. The third-order valence-corrected chi connectivity index (χ3v) is 13.3. The van der Waals surface area contributed by atoms with Crippen molar-refractivity contribution in [3.05, 3.63) is 93.8 Å². The minimum absolute atomic E-state index is 0.00590. The van der Waals surface area contributed by atoms with Crippen molar-refractivity contribution in [2.45, 2.75) is 58.4 Å². The van der Waals surface area contributed by atoms with Gasteiger partial charge in [-0.15, -0.1) is 16.1 Å². The third kappa shape index (κ3) is 8.36. The van der Waals surface area contributed by atoms with Gasteiger partial charge in [-0.05, 0) is 91.0 Å². The number of anilines is 1. The van der Waals surface area contributed by atoms with E-state index in [1.807, 2.05) is 29.7 Å². The Morgan fingerprint density at radius 1 is 1.16 bits per heavy atom. The molecular formula is C38H45ClN4O6S2. The lowest BCUT2D eigenvalue weighted by Gasteiger charge is -2.43. The Kier molecular flexibility index (Phi) is 11.1. The largest absolute Gasteiger partial charge is 0.481 e. The molecule has 13 heteroatoms. The van der Waals surface area contributed by atoms with Gasteiger partial charge in [0.2, 0.25) is 0 Å². The van der Waals surface area contributed by atoms with Crippen LogP contribution >= 0.6 is 23.4 Å². The number of aromatic nitrogens is 1. The molecule has 1 saturated carbocycles. The quantitative estimate of drug-likeness (QED) is 0.288. The van der Waals surface area contributed by atoms with E-state index in [2.05, 4.69) is 32.2 Å².